The molecule has 0 radical (unpaired) electrons. The molecule has 2 N–H and O–H groups in total. The zero-order valence-corrected chi connectivity index (χ0v) is 11.5. The second-order valence-corrected chi connectivity index (χ2v) is 5.05. The van der Waals surface area contributed by atoms with Crippen molar-refractivity contribution in [3.05, 3.63) is 23.4 Å². The van der Waals surface area contributed by atoms with E-state index in [1.54, 1.807) is 6.20 Å². The van der Waals surface area contributed by atoms with Gasteiger partial charge in [-0.25, -0.2) is 4.98 Å². The molecule has 1 aliphatic rings. The molecule has 1 aliphatic heterocycles. The number of hydrogen-bond donors (Lipinski definition) is 2. The van der Waals surface area contributed by atoms with E-state index in [2.05, 4.69) is 14.8 Å². The largest absolute Gasteiger partial charge is 0.395 e. The summed E-state index contributed by atoms with van der Waals surface area (Å²) in [5.74, 6) is 1.02. The topological polar surface area (TPSA) is 59.8 Å². The molecule has 2 heterocycles. The van der Waals surface area contributed by atoms with Gasteiger partial charge in [-0.1, -0.05) is 0 Å². The molecule has 106 valence electrons. The van der Waals surface area contributed by atoms with Crippen LogP contribution in [0.15, 0.2) is 12.3 Å². The van der Waals surface area contributed by atoms with Crippen LogP contribution in [0, 0.1) is 6.92 Å². The average molecular weight is 265 g/mol. The normalized spacial score (nSPS) is 17.5. The number of β-amino-alcohol motifs (C(OH)–C–C–N with tert-alkyl or cyclic N) is 1. The van der Waals surface area contributed by atoms with E-state index in [1.165, 1.54) is 0 Å². The minimum Gasteiger partial charge on any atom is -0.395 e. The predicted molar refractivity (Wildman–Crippen MR) is 75.3 cm³/mol. The Hall–Kier alpha value is -1.17. The SMILES string of the molecule is Cc1cc(CO)cnc1N1CCCN(CCO)CC1. The van der Waals surface area contributed by atoms with E-state index >= 15 is 0 Å². The van der Waals surface area contributed by atoms with Crippen LogP contribution in [0.2, 0.25) is 0 Å². The van der Waals surface area contributed by atoms with Crippen molar-refractivity contribution >= 4 is 5.82 Å². The highest BCUT2D eigenvalue weighted by atomic mass is 16.3. The summed E-state index contributed by atoms with van der Waals surface area (Å²) < 4.78 is 0. The monoisotopic (exact) mass is 265 g/mol. The lowest BCUT2D eigenvalue weighted by Gasteiger charge is -2.24. The molecule has 1 aromatic rings. The molecule has 0 aromatic carbocycles. The predicted octanol–water partition coefficient (Wildman–Crippen LogP) is 0.387. The molecular weight excluding hydrogens is 242 g/mol. The number of pyridine rings is 1. The summed E-state index contributed by atoms with van der Waals surface area (Å²) in [5.41, 5.74) is 1.97. The van der Waals surface area contributed by atoms with Gasteiger partial charge >= 0.3 is 0 Å². The Morgan fingerprint density at radius 2 is 2.05 bits per heavy atom. The number of hydrogen-bond acceptors (Lipinski definition) is 5. The number of aliphatic hydroxyl groups is 2. The molecule has 0 atom stereocenters. The van der Waals surface area contributed by atoms with Crippen molar-refractivity contribution in [2.75, 3.05) is 44.2 Å². The summed E-state index contributed by atoms with van der Waals surface area (Å²) in [6.45, 7) is 6.98. The number of anilines is 1. The maximum Gasteiger partial charge on any atom is 0.131 e. The third-order valence-electron chi connectivity index (χ3n) is 3.59. The number of aromatic nitrogens is 1. The minimum atomic E-state index is 0.0401. The Morgan fingerprint density at radius 1 is 1.21 bits per heavy atom. The molecule has 5 nitrogen and oxygen atoms in total. The molecule has 0 saturated carbocycles. The summed E-state index contributed by atoms with van der Waals surface area (Å²) >= 11 is 0. The van der Waals surface area contributed by atoms with Crippen molar-refractivity contribution in [2.45, 2.75) is 20.0 Å². The Kier molecular flexibility index (Phi) is 5.13. The van der Waals surface area contributed by atoms with Crippen molar-refractivity contribution in [2.24, 2.45) is 0 Å². The minimum absolute atomic E-state index is 0.0401. The summed E-state index contributed by atoms with van der Waals surface area (Å²) in [6.07, 6.45) is 2.83. The fourth-order valence-electron chi connectivity index (χ4n) is 2.59. The van der Waals surface area contributed by atoms with E-state index in [0.717, 1.165) is 56.1 Å². The van der Waals surface area contributed by atoms with Gasteiger partial charge in [-0.2, -0.15) is 0 Å². The molecule has 1 aromatic heterocycles. The Bertz CT molecular complexity index is 412. The van der Waals surface area contributed by atoms with Crippen LogP contribution in [0.25, 0.3) is 0 Å². The smallest absolute Gasteiger partial charge is 0.131 e. The summed E-state index contributed by atoms with van der Waals surface area (Å²) in [5, 5.41) is 18.1. The molecule has 5 heteroatoms. The Labute approximate surface area is 114 Å². The summed E-state index contributed by atoms with van der Waals surface area (Å²) in [6, 6.07) is 2.00. The molecule has 0 unspecified atom stereocenters. The van der Waals surface area contributed by atoms with Crippen molar-refractivity contribution in [1.29, 1.82) is 0 Å². The summed E-state index contributed by atoms with van der Waals surface area (Å²) in [4.78, 5) is 9.07. The summed E-state index contributed by atoms with van der Waals surface area (Å²) in [7, 11) is 0. The average Bonchev–Trinajstić information content (AvgIpc) is 2.65. The third kappa shape index (κ3) is 3.65. The maximum atomic E-state index is 9.12. The molecule has 2 rings (SSSR count). The molecule has 0 bridgehead atoms. The van der Waals surface area contributed by atoms with Crippen molar-refractivity contribution in [1.82, 2.24) is 9.88 Å². The van der Waals surface area contributed by atoms with Gasteiger partial charge in [0.15, 0.2) is 0 Å². The van der Waals surface area contributed by atoms with Crippen LogP contribution >= 0.6 is 0 Å². The van der Waals surface area contributed by atoms with Crippen LogP contribution < -0.4 is 4.90 Å². The highest BCUT2D eigenvalue weighted by Crippen LogP contribution is 2.19. The van der Waals surface area contributed by atoms with Crippen LogP contribution in [-0.2, 0) is 6.61 Å². The fourth-order valence-corrected chi connectivity index (χ4v) is 2.59. The van der Waals surface area contributed by atoms with Gasteiger partial charge in [0.2, 0.25) is 0 Å². The lowest BCUT2D eigenvalue weighted by atomic mass is 10.2. The van der Waals surface area contributed by atoms with Crippen LogP contribution in [0.3, 0.4) is 0 Å². The van der Waals surface area contributed by atoms with Gasteiger partial charge in [-0.3, -0.25) is 4.90 Å². The molecular formula is C14H23N3O2. The third-order valence-corrected chi connectivity index (χ3v) is 3.59. The maximum absolute atomic E-state index is 9.12. The second kappa shape index (κ2) is 6.84. The van der Waals surface area contributed by atoms with E-state index in [1.807, 2.05) is 13.0 Å². The van der Waals surface area contributed by atoms with Crippen LogP contribution in [-0.4, -0.2) is 59.4 Å². The van der Waals surface area contributed by atoms with E-state index in [9.17, 15) is 0 Å². The van der Waals surface area contributed by atoms with Crippen molar-refractivity contribution < 1.29 is 10.2 Å². The fraction of sp³-hybridized carbons (Fsp3) is 0.643. The van der Waals surface area contributed by atoms with Crippen LogP contribution in [0.5, 0.6) is 0 Å². The first-order valence-corrected chi connectivity index (χ1v) is 6.89. The molecule has 1 saturated heterocycles. The molecule has 0 amide bonds. The number of rotatable bonds is 4. The number of aliphatic hydroxyl groups excluding tert-OH is 2. The number of nitrogens with zero attached hydrogens (tertiary/aromatic N) is 3. The molecule has 19 heavy (non-hydrogen) atoms. The highest BCUT2D eigenvalue weighted by Gasteiger charge is 2.17. The quantitative estimate of drug-likeness (QED) is 0.824. The first-order valence-electron chi connectivity index (χ1n) is 6.89. The van der Waals surface area contributed by atoms with Gasteiger partial charge in [0, 0.05) is 32.4 Å². The molecule has 0 aliphatic carbocycles. The Morgan fingerprint density at radius 3 is 2.74 bits per heavy atom. The van der Waals surface area contributed by atoms with Gasteiger partial charge in [0.1, 0.15) is 5.82 Å². The van der Waals surface area contributed by atoms with Crippen molar-refractivity contribution in [3.63, 3.8) is 0 Å². The zero-order chi connectivity index (χ0) is 13.7. The van der Waals surface area contributed by atoms with E-state index < -0.39 is 0 Å². The van der Waals surface area contributed by atoms with Crippen LogP contribution in [0.1, 0.15) is 17.5 Å². The standard InChI is InChI=1S/C14H23N3O2/c1-12-9-13(11-19)10-15-14(12)17-4-2-3-16(5-6-17)7-8-18/h9-10,18-19H,2-8,11H2,1H3. The van der Waals surface area contributed by atoms with Crippen LogP contribution in [0.4, 0.5) is 5.82 Å². The second-order valence-electron chi connectivity index (χ2n) is 5.05. The van der Waals surface area contributed by atoms with Gasteiger partial charge in [0.05, 0.1) is 13.2 Å². The highest BCUT2D eigenvalue weighted by molar-refractivity contribution is 5.47. The lowest BCUT2D eigenvalue weighted by Crippen LogP contribution is -2.33. The van der Waals surface area contributed by atoms with Gasteiger partial charge in [-0.15, -0.1) is 0 Å². The molecule has 0 spiro atoms. The van der Waals surface area contributed by atoms with Gasteiger partial charge < -0.3 is 15.1 Å². The Balaban J connectivity index is 2.05. The number of aryl methyl sites for hydroxylation is 1. The lowest BCUT2D eigenvalue weighted by molar-refractivity contribution is 0.204. The van der Waals surface area contributed by atoms with Gasteiger partial charge in [-0.05, 0) is 37.1 Å². The zero-order valence-electron chi connectivity index (χ0n) is 11.5. The van der Waals surface area contributed by atoms with E-state index in [-0.39, 0.29) is 13.2 Å². The first-order chi connectivity index (χ1) is 9.24. The van der Waals surface area contributed by atoms with Crippen molar-refractivity contribution in [3.8, 4) is 0 Å². The van der Waals surface area contributed by atoms with E-state index in [0.29, 0.717) is 0 Å². The van der Waals surface area contributed by atoms with E-state index in [4.69, 9.17) is 10.2 Å². The molecule has 1 fully saturated rings. The van der Waals surface area contributed by atoms with Gasteiger partial charge in [0.25, 0.3) is 0 Å². The first kappa shape index (κ1) is 14.2.